The van der Waals surface area contributed by atoms with Crippen LogP contribution in [0.2, 0.25) is 0 Å². The number of ether oxygens (including phenoxy) is 1. The summed E-state index contributed by atoms with van der Waals surface area (Å²) in [6, 6.07) is 26.7. The van der Waals surface area contributed by atoms with Crippen LogP contribution in [-0.4, -0.2) is 34.4 Å². The van der Waals surface area contributed by atoms with Crippen molar-refractivity contribution in [2.24, 2.45) is 0 Å². The first-order chi connectivity index (χ1) is 17.2. The molecule has 0 saturated carbocycles. The molecule has 0 bridgehead atoms. The van der Waals surface area contributed by atoms with E-state index >= 15 is 0 Å². The van der Waals surface area contributed by atoms with Crippen molar-refractivity contribution in [2.45, 2.75) is 57.2 Å². The maximum absolute atomic E-state index is 6.06. The zero-order valence-corrected chi connectivity index (χ0v) is 20.7. The Labute approximate surface area is 208 Å². The first-order valence-corrected chi connectivity index (χ1v) is 13.1. The lowest BCUT2D eigenvalue weighted by molar-refractivity contribution is -0.0366. The fourth-order valence-corrected chi connectivity index (χ4v) is 6.30. The standard InChI is InChI=1S/C31H35N3O/c1-24-18-29-27(21-32-34(29)30-14-8-9-17-35-30)19-28(24)31(20-25-10-4-2-5-11-25)15-16-33(23-31)22-26-12-6-3-7-13-26/h2-7,10-13,18-19,21,30H,8-9,14-17,20,22-23H2,1H3. The van der Waals surface area contributed by atoms with Gasteiger partial charge < -0.3 is 4.74 Å². The van der Waals surface area contributed by atoms with E-state index < -0.39 is 0 Å². The van der Waals surface area contributed by atoms with Gasteiger partial charge in [-0.05, 0) is 80.0 Å². The highest BCUT2D eigenvalue weighted by atomic mass is 16.5. The SMILES string of the molecule is Cc1cc2c(cnn2C2CCCCO2)cc1C1(Cc2ccccc2)CCN(Cc2ccccc2)C1. The van der Waals surface area contributed by atoms with Crippen LogP contribution >= 0.6 is 0 Å². The van der Waals surface area contributed by atoms with Gasteiger partial charge in [0.15, 0.2) is 6.23 Å². The molecule has 4 heteroatoms. The molecule has 35 heavy (non-hydrogen) atoms. The first-order valence-electron chi connectivity index (χ1n) is 13.1. The molecule has 2 atom stereocenters. The van der Waals surface area contributed by atoms with E-state index in [0.29, 0.717) is 0 Å². The van der Waals surface area contributed by atoms with E-state index in [2.05, 4.69) is 89.3 Å². The van der Waals surface area contributed by atoms with Gasteiger partial charge in [0.25, 0.3) is 0 Å². The molecule has 2 aliphatic rings. The van der Waals surface area contributed by atoms with E-state index in [1.807, 2.05) is 6.20 Å². The molecule has 4 aromatic rings. The van der Waals surface area contributed by atoms with E-state index in [9.17, 15) is 0 Å². The van der Waals surface area contributed by atoms with Crippen LogP contribution in [0.3, 0.4) is 0 Å². The molecule has 3 aromatic carbocycles. The van der Waals surface area contributed by atoms with Gasteiger partial charge in [-0.15, -0.1) is 0 Å². The van der Waals surface area contributed by atoms with Crippen molar-refractivity contribution < 1.29 is 4.74 Å². The van der Waals surface area contributed by atoms with Gasteiger partial charge in [-0.1, -0.05) is 60.7 Å². The van der Waals surface area contributed by atoms with Crippen molar-refractivity contribution >= 4 is 10.9 Å². The van der Waals surface area contributed by atoms with Crippen molar-refractivity contribution in [1.29, 1.82) is 0 Å². The van der Waals surface area contributed by atoms with Crippen molar-refractivity contribution in [3.8, 4) is 0 Å². The molecule has 0 aliphatic carbocycles. The van der Waals surface area contributed by atoms with Crippen molar-refractivity contribution in [3.05, 3.63) is 101 Å². The Morgan fingerprint density at radius 1 is 0.971 bits per heavy atom. The highest BCUT2D eigenvalue weighted by molar-refractivity contribution is 5.81. The zero-order valence-electron chi connectivity index (χ0n) is 20.7. The summed E-state index contributed by atoms with van der Waals surface area (Å²) in [5.74, 6) is 0. The van der Waals surface area contributed by atoms with Gasteiger partial charge in [0.2, 0.25) is 0 Å². The average Bonchev–Trinajstić information content (AvgIpc) is 3.49. The summed E-state index contributed by atoms with van der Waals surface area (Å²) in [7, 11) is 0. The molecule has 0 radical (unpaired) electrons. The number of fused-ring (bicyclic) bond motifs is 1. The number of rotatable bonds is 6. The Morgan fingerprint density at radius 3 is 2.49 bits per heavy atom. The van der Waals surface area contributed by atoms with Crippen LogP contribution in [0.4, 0.5) is 0 Å². The average molecular weight is 466 g/mol. The zero-order chi connectivity index (χ0) is 23.7. The second-order valence-corrected chi connectivity index (χ2v) is 10.5. The maximum Gasteiger partial charge on any atom is 0.150 e. The molecule has 1 aromatic heterocycles. The van der Waals surface area contributed by atoms with Gasteiger partial charge in [-0.25, -0.2) is 4.68 Å². The molecule has 2 fully saturated rings. The first kappa shape index (κ1) is 22.5. The molecule has 180 valence electrons. The van der Waals surface area contributed by atoms with Crippen LogP contribution in [0.5, 0.6) is 0 Å². The lowest BCUT2D eigenvalue weighted by atomic mass is 9.73. The van der Waals surface area contributed by atoms with E-state index in [1.54, 1.807) is 0 Å². The van der Waals surface area contributed by atoms with Gasteiger partial charge in [0.1, 0.15) is 0 Å². The van der Waals surface area contributed by atoms with E-state index in [0.717, 1.165) is 45.5 Å². The van der Waals surface area contributed by atoms with E-state index in [-0.39, 0.29) is 11.6 Å². The number of aromatic nitrogens is 2. The third-order valence-corrected chi connectivity index (χ3v) is 8.01. The summed E-state index contributed by atoms with van der Waals surface area (Å²) < 4.78 is 8.18. The largest absolute Gasteiger partial charge is 0.356 e. The van der Waals surface area contributed by atoms with Gasteiger partial charge in [-0.3, -0.25) is 4.90 Å². The normalized spacial score (nSPS) is 23.2. The molecule has 6 rings (SSSR count). The predicted octanol–water partition coefficient (Wildman–Crippen LogP) is 6.43. The Kier molecular flexibility index (Phi) is 6.17. The molecule has 2 aliphatic heterocycles. The minimum atomic E-state index is 0.0672. The van der Waals surface area contributed by atoms with Gasteiger partial charge in [0, 0.05) is 30.5 Å². The molecule has 0 amide bonds. The minimum Gasteiger partial charge on any atom is -0.356 e. The molecule has 2 saturated heterocycles. The Hall–Kier alpha value is -2.95. The number of benzene rings is 3. The second kappa shape index (κ2) is 9.60. The summed E-state index contributed by atoms with van der Waals surface area (Å²) in [5, 5.41) is 6.02. The third-order valence-electron chi connectivity index (χ3n) is 8.01. The van der Waals surface area contributed by atoms with Gasteiger partial charge >= 0.3 is 0 Å². The Morgan fingerprint density at radius 2 is 1.74 bits per heavy atom. The number of aryl methyl sites for hydroxylation is 1. The van der Waals surface area contributed by atoms with Crippen molar-refractivity contribution in [2.75, 3.05) is 19.7 Å². The molecule has 3 heterocycles. The molecule has 4 nitrogen and oxygen atoms in total. The lowest BCUT2D eigenvalue weighted by Crippen LogP contribution is -2.34. The highest BCUT2D eigenvalue weighted by Crippen LogP contribution is 2.41. The summed E-state index contributed by atoms with van der Waals surface area (Å²) in [5.41, 5.74) is 6.95. The Bertz CT molecular complexity index is 1280. The molecule has 2 unspecified atom stereocenters. The maximum atomic E-state index is 6.06. The summed E-state index contributed by atoms with van der Waals surface area (Å²) in [6.07, 6.45) is 7.75. The van der Waals surface area contributed by atoms with E-state index in [1.165, 1.54) is 46.0 Å². The van der Waals surface area contributed by atoms with Crippen LogP contribution in [0.15, 0.2) is 79.0 Å². The number of hydrogen-bond acceptors (Lipinski definition) is 3. The van der Waals surface area contributed by atoms with Crippen LogP contribution in [0.1, 0.15) is 54.2 Å². The molecular formula is C31H35N3O. The Balaban J connectivity index is 1.36. The number of nitrogens with zero attached hydrogens (tertiary/aromatic N) is 3. The third kappa shape index (κ3) is 4.53. The van der Waals surface area contributed by atoms with Crippen molar-refractivity contribution in [1.82, 2.24) is 14.7 Å². The fourth-order valence-electron chi connectivity index (χ4n) is 6.30. The number of hydrogen-bond donors (Lipinski definition) is 0. The van der Waals surface area contributed by atoms with Crippen LogP contribution in [0, 0.1) is 6.92 Å². The molecule has 0 N–H and O–H groups in total. The smallest absolute Gasteiger partial charge is 0.150 e. The predicted molar refractivity (Wildman–Crippen MR) is 141 cm³/mol. The van der Waals surface area contributed by atoms with Crippen LogP contribution in [-0.2, 0) is 23.1 Å². The van der Waals surface area contributed by atoms with E-state index in [4.69, 9.17) is 9.84 Å². The topological polar surface area (TPSA) is 30.3 Å². The van der Waals surface area contributed by atoms with Gasteiger partial charge in [0.05, 0.1) is 11.7 Å². The molecular weight excluding hydrogens is 430 g/mol. The highest BCUT2D eigenvalue weighted by Gasteiger charge is 2.41. The summed E-state index contributed by atoms with van der Waals surface area (Å²) in [4.78, 5) is 2.64. The minimum absolute atomic E-state index is 0.0672. The monoisotopic (exact) mass is 465 g/mol. The van der Waals surface area contributed by atoms with Crippen LogP contribution < -0.4 is 0 Å². The fraction of sp³-hybridized carbons (Fsp3) is 0.387. The lowest BCUT2D eigenvalue weighted by Gasteiger charge is -2.32. The quantitative estimate of drug-likeness (QED) is 0.329. The molecule has 0 spiro atoms. The number of likely N-dealkylation sites (tertiary alicyclic amines) is 1. The second-order valence-electron chi connectivity index (χ2n) is 10.5. The van der Waals surface area contributed by atoms with Crippen LogP contribution in [0.25, 0.3) is 10.9 Å². The summed E-state index contributed by atoms with van der Waals surface area (Å²) in [6.45, 7) is 6.33. The van der Waals surface area contributed by atoms with Gasteiger partial charge in [-0.2, -0.15) is 5.10 Å². The summed E-state index contributed by atoms with van der Waals surface area (Å²) >= 11 is 0. The van der Waals surface area contributed by atoms with Crippen molar-refractivity contribution in [3.63, 3.8) is 0 Å².